The zero-order valence-corrected chi connectivity index (χ0v) is 19.5. The molecule has 0 aliphatic carbocycles. The highest BCUT2D eigenvalue weighted by atomic mass is 16.5. The van der Waals surface area contributed by atoms with Gasteiger partial charge in [0, 0.05) is 11.1 Å². The number of anilines is 1. The van der Waals surface area contributed by atoms with Crippen molar-refractivity contribution in [2.75, 3.05) is 5.32 Å². The van der Waals surface area contributed by atoms with Gasteiger partial charge in [0.05, 0.1) is 5.92 Å². The third-order valence-corrected chi connectivity index (χ3v) is 5.52. The number of para-hydroxylation sites is 1. The quantitative estimate of drug-likeness (QED) is 0.484. The number of ether oxygens (including phenoxy) is 1. The van der Waals surface area contributed by atoms with Crippen molar-refractivity contribution < 1.29 is 19.4 Å². The van der Waals surface area contributed by atoms with Gasteiger partial charge in [0.1, 0.15) is 6.61 Å². The monoisotopic (exact) mass is 445 g/mol. The summed E-state index contributed by atoms with van der Waals surface area (Å²) in [5, 5.41) is 14.5. The van der Waals surface area contributed by atoms with E-state index in [0.717, 1.165) is 11.1 Å². The van der Waals surface area contributed by atoms with Crippen LogP contribution in [-0.4, -0.2) is 22.6 Å². The summed E-state index contributed by atoms with van der Waals surface area (Å²) in [6.45, 7) is 7.00. The number of amides is 1. The van der Waals surface area contributed by atoms with Gasteiger partial charge in [-0.25, -0.2) is 4.79 Å². The molecule has 0 aliphatic rings. The first-order valence-electron chi connectivity index (χ1n) is 11.0. The van der Waals surface area contributed by atoms with E-state index in [9.17, 15) is 14.7 Å². The van der Waals surface area contributed by atoms with Crippen molar-refractivity contribution in [3.8, 4) is 0 Å². The number of nitrogens with one attached hydrogen (secondary N) is 1. The molecule has 3 aromatic carbocycles. The number of hydrogen-bond acceptors (Lipinski definition) is 4. The second kappa shape index (κ2) is 10.0. The van der Waals surface area contributed by atoms with Crippen LogP contribution in [0, 0.1) is 5.41 Å². The fraction of sp³-hybridized carbons (Fsp3) is 0.286. The van der Waals surface area contributed by atoms with Crippen molar-refractivity contribution in [1.82, 2.24) is 0 Å². The lowest BCUT2D eigenvalue weighted by atomic mass is 9.77. The molecule has 2 N–H and O–H groups in total. The Bertz CT molecular complexity index is 1090. The third-order valence-electron chi connectivity index (χ3n) is 5.52. The molecule has 0 unspecified atom stereocenters. The normalized spacial score (nSPS) is 14.1. The molecule has 33 heavy (non-hydrogen) atoms. The van der Waals surface area contributed by atoms with Gasteiger partial charge in [0.2, 0.25) is 5.91 Å². The van der Waals surface area contributed by atoms with E-state index < -0.39 is 22.9 Å². The van der Waals surface area contributed by atoms with Crippen LogP contribution >= 0.6 is 0 Å². The lowest BCUT2D eigenvalue weighted by Gasteiger charge is -2.33. The van der Waals surface area contributed by atoms with Crippen molar-refractivity contribution in [1.29, 1.82) is 0 Å². The Kier molecular flexibility index (Phi) is 7.34. The molecule has 0 fully saturated rings. The molecule has 2 atom stereocenters. The van der Waals surface area contributed by atoms with E-state index in [-0.39, 0.29) is 12.5 Å². The predicted molar refractivity (Wildman–Crippen MR) is 130 cm³/mol. The van der Waals surface area contributed by atoms with Gasteiger partial charge in [-0.2, -0.15) is 0 Å². The van der Waals surface area contributed by atoms with Crippen molar-refractivity contribution in [2.45, 2.75) is 45.8 Å². The Morgan fingerprint density at radius 3 is 2.00 bits per heavy atom. The third kappa shape index (κ3) is 5.88. The highest BCUT2D eigenvalue weighted by Gasteiger charge is 2.44. The van der Waals surface area contributed by atoms with Crippen LogP contribution in [0.5, 0.6) is 0 Å². The minimum absolute atomic E-state index is 0.0553. The molecule has 0 heterocycles. The number of carbonyl (C=O) groups is 2. The van der Waals surface area contributed by atoms with E-state index in [4.69, 9.17) is 4.74 Å². The lowest BCUT2D eigenvalue weighted by molar-refractivity contribution is -0.166. The molecule has 0 radical (unpaired) electrons. The van der Waals surface area contributed by atoms with Crippen molar-refractivity contribution in [3.05, 3.63) is 102 Å². The summed E-state index contributed by atoms with van der Waals surface area (Å²) in [4.78, 5) is 25.9. The molecular formula is C28H31NO4. The SMILES string of the molecule is CC(C)(C)C(=O)Nc1ccccc1[C@H](c1ccccc1)[C@](C)(O)C(=O)OCc1ccccc1. The van der Waals surface area contributed by atoms with Gasteiger partial charge in [-0.1, -0.05) is 99.6 Å². The maximum absolute atomic E-state index is 13.2. The Labute approximate surface area is 195 Å². The first-order valence-corrected chi connectivity index (χ1v) is 11.0. The Hall–Kier alpha value is -3.44. The van der Waals surface area contributed by atoms with Crippen molar-refractivity contribution in [2.24, 2.45) is 5.41 Å². The minimum atomic E-state index is -1.89. The van der Waals surface area contributed by atoms with Crippen molar-refractivity contribution in [3.63, 3.8) is 0 Å². The van der Waals surface area contributed by atoms with Gasteiger partial charge in [-0.3, -0.25) is 4.79 Å². The fourth-order valence-corrected chi connectivity index (χ4v) is 3.61. The number of esters is 1. The summed E-state index contributed by atoms with van der Waals surface area (Å²) in [5.41, 5.74) is 0.239. The van der Waals surface area contributed by atoms with Crippen LogP contribution in [0.1, 0.15) is 50.3 Å². The first kappa shape index (κ1) is 24.2. The maximum atomic E-state index is 13.2. The van der Waals surface area contributed by atoms with Gasteiger partial charge in [-0.15, -0.1) is 0 Å². The molecule has 0 saturated heterocycles. The van der Waals surface area contributed by atoms with E-state index in [0.29, 0.717) is 11.3 Å². The van der Waals surface area contributed by atoms with Crippen LogP contribution in [0.25, 0.3) is 0 Å². The Morgan fingerprint density at radius 1 is 0.848 bits per heavy atom. The molecule has 0 spiro atoms. The van der Waals surface area contributed by atoms with Gasteiger partial charge < -0.3 is 15.2 Å². The number of rotatable bonds is 7. The van der Waals surface area contributed by atoms with E-state index in [1.807, 2.05) is 99.6 Å². The number of carbonyl (C=O) groups excluding carboxylic acids is 2. The van der Waals surface area contributed by atoms with Crippen LogP contribution < -0.4 is 5.32 Å². The second-order valence-corrected chi connectivity index (χ2v) is 9.34. The summed E-state index contributed by atoms with van der Waals surface area (Å²) in [7, 11) is 0. The average molecular weight is 446 g/mol. The van der Waals surface area contributed by atoms with E-state index >= 15 is 0 Å². The summed E-state index contributed by atoms with van der Waals surface area (Å²) >= 11 is 0. The molecule has 5 heteroatoms. The molecule has 0 aromatic heterocycles. The van der Waals surface area contributed by atoms with Gasteiger partial charge in [0.25, 0.3) is 0 Å². The molecule has 0 saturated carbocycles. The standard InChI is InChI=1S/C28H31NO4/c1-27(2,3)25(30)29-23-18-12-11-17-22(23)24(21-15-9-6-10-16-21)28(4,32)26(31)33-19-20-13-7-5-8-14-20/h5-18,24,32H,19H2,1-4H3,(H,29,30)/t24-,28-/m0/s1. The Morgan fingerprint density at radius 2 is 1.39 bits per heavy atom. The molecular weight excluding hydrogens is 414 g/mol. The molecule has 0 aliphatic heterocycles. The molecule has 5 nitrogen and oxygen atoms in total. The smallest absolute Gasteiger partial charge is 0.339 e. The maximum Gasteiger partial charge on any atom is 0.339 e. The van der Waals surface area contributed by atoms with E-state index in [1.165, 1.54) is 6.92 Å². The van der Waals surface area contributed by atoms with Gasteiger partial charge in [-0.05, 0) is 29.7 Å². The average Bonchev–Trinajstić information content (AvgIpc) is 2.79. The minimum Gasteiger partial charge on any atom is -0.459 e. The summed E-state index contributed by atoms with van der Waals surface area (Å²) in [5.74, 6) is -1.66. The highest BCUT2D eigenvalue weighted by molar-refractivity contribution is 5.95. The molecule has 3 rings (SSSR count). The summed E-state index contributed by atoms with van der Waals surface area (Å²) < 4.78 is 5.52. The van der Waals surface area contributed by atoms with Gasteiger partial charge >= 0.3 is 5.97 Å². The molecule has 3 aromatic rings. The Balaban J connectivity index is 1.99. The zero-order chi connectivity index (χ0) is 24.1. The number of benzene rings is 3. The molecule has 172 valence electrons. The summed E-state index contributed by atoms with van der Waals surface area (Å²) in [6.07, 6.45) is 0. The molecule has 1 amide bonds. The predicted octanol–water partition coefficient (Wildman–Crippen LogP) is 5.30. The van der Waals surface area contributed by atoms with E-state index in [2.05, 4.69) is 5.32 Å². The second-order valence-electron chi connectivity index (χ2n) is 9.34. The first-order chi connectivity index (χ1) is 15.6. The topological polar surface area (TPSA) is 75.6 Å². The van der Waals surface area contributed by atoms with Gasteiger partial charge in [0.15, 0.2) is 5.60 Å². The highest BCUT2D eigenvalue weighted by Crippen LogP contribution is 2.40. The van der Waals surface area contributed by atoms with Crippen LogP contribution in [0.3, 0.4) is 0 Å². The lowest BCUT2D eigenvalue weighted by Crippen LogP contribution is -2.43. The van der Waals surface area contributed by atoms with Crippen LogP contribution in [-0.2, 0) is 20.9 Å². The van der Waals surface area contributed by atoms with Crippen LogP contribution in [0.4, 0.5) is 5.69 Å². The number of hydrogen-bond donors (Lipinski definition) is 2. The van der Waals surface area contributed by atoms with E-state index in [1.54, 1.807) is 6.07 Å². The van der Waals surface area contributed by atoms with Crippen LogP contribution in [0.15, 0.2) is 84.9 Å². The summed E-state index contributed by atoms with van der Waals surface area (Å²) in [6, 6.07) is 25.8. The molecule has 0 bridgehead atoms. The van der Waals surface area contributed by atoms with Crippen LogP contribution in [0.2, 0.25) is 0 Å². The number of aliphatic hydroxyl groups is 1. The zero-order valence-electron chi connectivity index (χ0n) is 19.5. The van der Waals surface area contributed by atoms with Crippen molar-refractivity contribution >= 4 is 17.6 Å². The largest absolute Gasteiger partial charge is 0.459 e. The fourth-order valence-electron chi connectivity index (χ4n) is 3.61.